The molecule has 6 atom stereocenters. The van der Waals surface area contributed by atoms with Gasteiger partial charge in [0.1, 0.15) is 35.9 Å². The molecule has 0 aromatic heterocycles. The van der Waals surface area contributed by atoms with Crippen molar-refractivity contribution in [1.29, 1.82) is 0 Å². The Morgan fingerprint density at radius 1 is 1.21 bits per heavy atom. The van der Waals surface area contributed by atoms with Crippen LogP contribution < -0.4 is 0 Å². The minimum Gasteiger partial charge on any atom is -0.394 e. The molecule has 0 radical (unpaired) electrons. The zero-order valence-corrected chi connectivity index (χ0v) is 14.7. The van der Waals surface area contributed by atoms with Gasteiger partial charge in [-0.2, -0.15) is 0 Å². The van der Waals surface area contributed by atoms with E-state index < -0.39 is 40.6 Å². The fourth-order valence-electron chi connectivity index (χ4n) is 2.69. The predicted octanol–water partition coefficient (Wildman–Crippen LogP) is -0.707. The van der Waals surface area contributed by atoms with E-state index in [0.717, 1.165) is 5.56 Å². The number of ether oxygens (including phenoxy) is 1. The molecule has 136 valence electrons. The van der Waals surface area contributed by atoms with E-state index in [1.165, 1.54) is 0 Å². The largest absolute Gasteiger partial charge is 0.394 e. The number of hydrogen-bond acceptors (Lipinski definition) is 6. The Hall–Kier alpha value is -0.380. The monoisotopic (exact) mass is 379 g/mol. The first kappa shape index (κ1) is 19.9. The molecule has 6 nitrogen and oxygen atoms in total. The molecule has 1 aliphatic rings. The van der Waals surface area contributed by atoms with Gasteiger partial charge in [-0.25, -0.2) is 0 Å². The van der Waals surface area contributed by atoms with Crippen LogP contribution in [0.1, 0.15) is 5.56 Å². The molecule has 0 spiro atoms. The van der Waals surface area contributed by atoms with Gasteiger partial charge in [0.15, 0.2) is 5.25 Å². The highest BCUT2D eigenvalue weighted by molar-refractivity contribution is 7.97. The summed E-state index contributed by atoms with van der Waals surface area (Å²) in [5.74, 6) is 0.587. The second-order valence-electron chi connectivity index (χ2n) is 5.88. The summed E-state index contributed by atoms with van der Waals surface area (Å²) in [6.45, 7) is -0.369. The first-order valence-corrected chi connectivity index (χ1v) is 9.75. The van der Waals surface area contributed by atoms with E-state index in [4.69, 9.17) is 16.3 Å². The van der Waals surface area contributed by atoms with Crippen molar-refractivity contribution in [3.05, 3.63) is 34.9 Å². The predicted molar refractivity (Wildman–Crippen MR) is 93.1 cm³/mol. The fraction of sp³-hybridized carbons (Fsp3) is 0.625. The second kappa shape index (κ2) is 9.35. The second-order valence-corrected chi connectivity index (χ2v) is 8.66. The van der Waals surface area contributed by atoms with Crippen LogP contribution in [0.15, 0.2) is 24.3 Å². The Kier molecular flexibility index (Phi) is 7.77. The van der Waals surface area contributed by atoms with Gasteiger partial charge in [0.2, 0.25) is 0 Å². The number of rotatable bonds is 8. The lowest BCUT2D eigenvalue weighted by Gasteiger charge is -2.22. The zero-order chi connectivity index (χ0) is 17.7. The molecule has 0 bridgehead atoms. The minimum atomic E-state index is -0.979. The molecule has 2 unspecified atom stereocenters. The van der Waals surface area contributed by atoms with E-state index in [9.17, 15) is 25.5 Å². The van der Waals surface area contributed by atoms with Gasteiger partial charge in [-0.3, -0.25) is 0 Å². The molecule has 1 aromatic carbocycles. The van der Waals surface area contributed by atoms with Crippen molar-refractivity contribution in [3.8, 4) is 0 Å². The third-order valence-corrected chi connectivity index (χ3v) is 7.21. The lowest BCUT2D eigenvalue weighted by Crippen LogP contribution is -2.42. The summed E-state index contributed by atoms with van der Waals surface area (Å²) in [4.78, 5) is 0. The van der Waals surface area contributed by atoms with E-state index in [2.05, 4.69) is 0 Å². The molecular formula is C16H24ClO6S+. The van der Waals surface area contributed by atoms with Gasteiger partial charge < -0.3 is 30.3 Å². The topological polar surface area (TPSA) is 110 Å². The SMILES string of the molecule is OC[C@H](OCc1ccc(Cl)cc1)C(O)C[S+]1C[C@@H](O)[C@H](O)[C@H]1CO. The average Bonchev–Trinajstić information content (AvgIpc) is 2.83. The molecule has 2 rings (SSSR count). The van der Waals surface area contributed by atoms with Crippen molar-refractivity contribution in [2.75, 3.05) is 24.7 Å². The molecular weight excluding hydrogens is 356 g/mol. The maximum absolute atomic E-state index is 10.3. The van der Waals surface area contributed by atoms with E-state index in [1.54, 1.807) is 24.3 Å². The van der Waals surface area contributed by atoms with Gasteiger partial charge in [0.05, 0.1) is 19.8 Å². The summed E-state index contributed by atoms with van der Waals surface area (Å²) < 4.78 is 5.59. The quantitative estimate of drug-likeness (QED) is 0.382. The maximum Gasteiger partial charge on any atom is 0.169 e. The van der Waals surface area contributed by atoms with Gasteiger partial charge in [-0.1, -0.05) is 23.7 Å². The molecule has 0 saturated carbocycles. The summed E-state index contributed by atoms with van der Waals surface area (Å²) in [6.07, 6.45) is -3.59. The van der Waals surface area contributed by atoms with Crippen LogP contribution in [-0.2, 0) is 22.2 Å². The number of hydrogen-bond donors (Lipinski definition) is 5. The van der Waals surface area contributed by atoms with E-state index in [0.29, 0.717) is 10.8 Å². The van der Waals surface area contributed by atoms with Crippen LogP contribution in [0.5, 0.6) is 0 Å². The summed E-state index contributed by atoms with van der Waals surface area (Å²) in [5.41, 5.74) is 0.868. The Balaban J connectivity index is 1.88. The smallest absolute Gasteiger partial charge is 0.169 e. The Labute approximate surface area is 149 Å². The lowest BCUT2D eigenvalue weighted by atomic mass is 10.2. The van der Waals surface area contributed by atoms with Crippen molar-refractivity contribution < 1.29 is 30.3 Å². The Morgan fingerprint density at radius 3 is 2.46 bits per heavy atom. The van der Waals surface area contributed by atoms with E-state index in [1.807, 2.05) is 0 Å². The van der Waals surface area contributed by atoms with E-state index in [-0.39, 0.29) is 25.6 Å². The number of aliphatic hydroxyl groups excluding tert-OH is 5. The highest BCUT2D eigenvalue weighted by Gasteiger charge is 2.50. The fourth-order valence-corrected chi connectivity index (χ4v) is 5.52. The number of benzene rings is 1. The van der Waals surface area contributed by atoms with Gasteiger partial charge in [0.25, 0.3) is 0 Å². The Morgan fingerprint density at radius 2 is 1.88 bits per heavy atom. The van der Waals surface area contributed by atoms with Crippen LogP contribution in [-0.4, -0.2) is 79.9 Å². The third kappa shape index (κ3) is 5.06. The number of aliphatic hydroxyl groups is 5. The molecule has 8 heteroatoms. The van der Waals surface area contributed by atoms with Crippen LogP contribution >= 0.6 is 11.6 Å². The molecule has 1 aliphatic heterocycles. The van der Waals surface area contributed by atoms with Crippen LogP contribution in [0.25, 0.3) is 0 Å². The highest BCUT2D eigenvalue weighted by Crippen LogP contribution is 2.25. The van der Waals surface area contributed by atoms with Crippen LogP contribution in [0.4, 0.5) is 0 Å². The zero-order valence-electron chi connectivity index (χ0n) is 13.2. The molecule has 1 fully saturated rings. The Bertz CT molecular complexity index is 502. The molecule has 5 N–H and O–H groups in total. The van der Waals surface area contributed by atoms with Crippen molar-refractivity contribution in [2.45, 2.75) is 36.3 Å². The third-order valence-electron chi connectivity index (χ3n) is 4.14. The molecule has 1 aromatic rings. The molecule has 1 saturated heterocycles. The normalized spacial score (nSPS) is 29.6. The summed E-state index contributed by atoms with van der Waals surface area (Å²) in [5, 5.41) is 48.9. The van der Waals surface area contributed by atoms with Gasteiger partial charge in [0, 0.05) is 15.9 Å². The summed E-state index contributed by atoms with van der Waals surface area (Å²) in [7, 11) is -0.537. The lowest BCUT2D eigenvalue weighted by molar-refractivity contribution is -0.0623. The number of halogens is 1. The van der Waals surface area contributed by atoms with Crippen molar-refractivity contribution in [1.82, 2.24) is 0 Å². The molecule has 0 amide bonds. The van der Waals surface area contributed by atoms with Gasteiger partial charge in [-0.15, -0.1) is 0 Å². The summed E-state index contributed by atoms with van der Waals surface area (Å²) >= 11 is 5.82. The van der Waals surface area contributed by atoms with E-state index >= 15 is 0 Å². The molecule has 1 heterocycles. The first-order chi connectivity index (χ1) is 11.5. The summed E-state index contributed by atoms with van der Waals surface area (Å²) in [6, 6.07) is 7.07. The van der Waals surface area contributed by atoms with Crippen LogP contribution in [0.3, 0.4) is 0 Å². The highest BCUT2D eigenvalue weighted by atomic mass is 35.5. The maximum atomic E-state index is 10.3. The van der Waals surface area contributed by atoms with Crippen molar-refractivity contribution in [2.24, 2.45) is 0 Å². The van der Waals surface area contributed by atoms with Crippen LogP contribution in [0.2, 0.25) is 5.02 Å². The minimum absolute atomic E-state index is 0.224. The van der Waals surface area contributed by atoms with Crippen molar-refractivity contribution >= 4 is 22.5 Å². The average molecular weight is 380 g/mol. The van der Waals surface area contributed by atoms with Crippen molar-refractivity contribution in [3.63, 3.8) is 0 Å². The molecule has 0 aliphatic carbocycles. The van der Waals surface area contributed by atoms with Crippen LogP contribution in [0, 0.1) is 0 Å². The first-order valence-electron chi connectivity index (χ1n) is 7.74. The van der Waals surface area contributed by atoms with Gasteiger partial charge >= 0.3 is 0 Å². The van der Waals surface area contributed by atoms with Gasteiger partial charge in [-0.05, 0) is 17.7 Å². The standard InChI is InChI=1S/C16H24ClO6S/c17-11-3-1-10(2-4-11)7-23-14(5-18)12(20)8-24-9-13(21)16(22)15(24)6-19/h1-4,12-16,18-22H,5-9H2/q+1/t12?,13-,14+,15-,16+,24?/m1/s1. The molecule has 24 heavy (non-hydrogen) atoms.